The summed E-state index contributed by atoms with van der Waals surface area (Å²) < 4.78 is 5.25. The normalized spacial score (nSPS) is 10.6. The average Bonchev–Trinajstić information content (AvgIpc) is 2.21. The first-order valence-corrected chi connectivity index (χ1v) is 5.09. The molecule has 1 heterocycles. The van der Waals surface area contributed by atoms with Crippen LogP contribution in [0.4, 0.5) is 0 Å². The number of H-pyrrole nitrogens is 2. The Labute approximate surface area is 95.0 Å². The third kappa shape index (κ3) is 1.69. The van der Waals surface area contributed by atoms with Crippen LogP contribution in [0.15, 0.2) is 21.7 Å². The molecule has 0 unspecified atom stereocenters. The van der Waals surface area contributed by atoms with Crippen molar-refractivity contribution in [3.63, 3.8) is 0 Å². The lowest BCUT2D eigenvalue weighted by Gasteiger charge is -2.06. The van der Waals surface area contributed by atoms with Crippen molar-refractivity contribution in [1.82, 2.24) is 9.97 Å². The maximum atomic E-state index is 11.6. The molecule has 0 amide bonds. The second-order valence-corrected chi connectivity index (χ2v) is 3.52. The van der Waals surface area contributed by atoms with E-state index in [4.69, 9.17) is 16.3 Å². The molecule has 0 spiro atoms. The predicted octanol–water partition coefficient (Wildman–Crippen LogP) is 1.27. The number of benzene rings is 1. The van der Waals surface area contributed by atoms with Crippen LogP contribution in [-0.4, -0.2) is 16.6 Å². The zero-order chi connectivity index (χ0) is 11.7. The molecule has 0 saturated heterocycles. The molecule has 16 heavy (non-hydrogen) atoms. The molecule has 1 aromatic carbocycles. The first kappa shape index (κ1) is 10.8. The summed E-state index contributed by atoms with van der Waals surface area (Å²) in [4.78, 5) is 27.2. The number of hydrogen-bond acceptors (Lipinski definition) is 3. The van der Waals surface area contributed by atoms with Gasteiger partial charge in [0, 0.05) is 0 Å². The number of hydrogen-bond donors (Lipinski definition) is 2. The number of rotatable bonds is 2. The molecule has 0 aliphatic rings. The molecule has 0 aliphatic heterocycles. The van der Waals surface area contributed by atoms with Crippen molar-refractivity contribution in [2.75, 3.05) is 6.61 Å². The molecule has 0 saturated carbocycles. The molecule has 0 radical (unpaired) electrons. The first-order valence-electron chi connectivity index (χ1n) is 4.71. The summed E-state index contributed by atoms with van der Waals surface area (Å²) in [7, 11) is 0. The molecular formula is C10H9ClN2O3. The van der Waals surface area contributed by atoms with Crippen LogP contribution in [0.3, 0.4) is 0 Å². The van der Waals surface area contributed by atoms with E-state index < -0.39 is 11.2 Å². The Balaban J connectivity index is 2.84. The molecule has 2 aromatic rings. The zero-order valence-electron chi connectivity index (χ0n) is 8.46. The van der Waals surface area contributed by atoms with Crippen molar-refractivity contribution >= 4 is 22.5 Å². The number of ether oxygens (including phenoxy) is 1. The summed E-state index contributed by atoms with van der Waals surface area (Å²) in [5, 5.41) is 0.434. The summed E-state index contributed by atoms with van der Waals surface area (Å²) >= 11 is 6.01. The highest BCUT2D eigenvalue weighted by atomic mass is 35.5. The first-order chi connectivity index (χ1) is 7.63. The lowest BCUT2D eigenvalue weighted by atomic mass is 10.2. The minimum Gasteiger partial charge on any atom is -0.492 e. The predicted molar refractivity (Wildman–Crippen MR) is 61.4 cm³/mol. The minimum absolute atomic E-state index is 0.205. The second-order valence-electron chi connectivity index (χ2n) is 3.14. The van der Waals surface area contributed by atoms with E-state index in [0.29, 0.717) is 17.9 Å². The van der Waals surface area contributed by atoms with Gasteiger partial charge in [-0.3, -0.25) is 9.78 Å². The van der Waals surface area contributed by atoms with E-state index in [9.17, 15) is 9.59 Å². The van der Waals surface area contributed by atoms with Crippen molar-refractivity contribution in [2.24, 2.45) is 0 Å². The van der Waals surface area contributed by atoms with E-state index in [1.807, 2.05) is 6.92 Å². The van der Waals surface area contributed by atoms with E-state index in [-0.39, 0.29) is 10.4 Å². The quantitative estimate of drug-likeness (QED) is 0.830. The van der Waals surface area contributed by atoms with E-state index in [0.717, 1.165) is 0 Å². The fourth-order valence-electron chi connectivity index (χ4n) is 1.47. The van der Waals surface area contributed by atoms with Crippen molar-refractivity contribution in [3.05, 3.63) is 38.0 Å². The zero-order valence-corrected chi connectivity index (χ0v) is 9.22. The summed E-state index contributed by atoms with van der Waals surface area (Å²) in [6, 6.07) is 3.20. The molecule has 2 rings (SSSR count). The Morgan fingerprint density at radius 3 is 2.75 bits per heavy atom. The van der Waals surface area contributed by atoms with Gasteiger partial charge in [0.2, 0.25) is 0 Å². The molecule has 0 atom stereocenters. The number of halogens is 1. The van der Waals surface area contributed by atoms with Gasteiger partial charge in [-0.15, -0.1) is 0 Å². The number of aromatic amines is 2. The monoisotopic (exact) mass is 240 g/mol. The van der Waals surface area contributed by atoms with Gasteiger partial charge < -0.3 is 9.72 Å². The van der Waals surface area contributed by atoms with E-state index in [1.165, 1.54) is 0 Å². The highest BCUT2D eigenvalue weighted by Crippen LogP contribution is 2.29. The largest absolute Gasteiger partial charge is 0.492 e. The Morgan fingerprint density at radius 2 is 2.06 bits per heavy atom. The standard InChI is InChI=1S/C10H9ClN2O3/c1-2-16-6-4-3-5-7(8(6)11)9(14)13-10(15)12-5/h3-4H,2H2,1H3,(H2,12,13,14,15). The molecular weight excluding hydrogens is 232 g/mol. The van der Waals surface area contributed by atoms with Gasteiger partial charge in [0.15, 0.2) is 0 Å². The Kier molecular flexibility index (Phi) is 2.70. The fraction of sp³-hybridized carbons (Fsp3) is 0.200. The summed E-state index contributed by atoms with van der Waals surface area (Å²) in [5.74, 6) is 0.425. The third-order valence-corrected chi connectivity index (χ3v) is 2.48. The third-order valence-electron chi connectivity index (χ3n) is 2.11. The summed E-state index contributed by atoms with van der Waals surface area (Å²) in [6.07, 6.45) is 0. The fourth-order valence-corrected chi connectivity index (χ4v) is 1.77. The van der Waals surface area contributed by atoms with Crippen molar-refractivity contribution < 1.29 is 4.74 Å². The summed E-state index contributed by atoms with van der Waals surface area (Å²) in [6.45, 7) is 2.27. The van der Waals surface area contributed by atoms with Crippen molar-refractivity contribution in [2.45, 2.75) is 6.92 Å². The lowest BCUT2D eigenvalue weighted by Crippen LogP contribution is -2.22. The molecule has 6 heteroatoms. The average molecular weight is 241 g/mol. The summed E-state index contributed by atoms with van der Waals surface area (Å²) in [5.41, 5.74) is -0.690. The van der Waals surface area contributed by atoms with Gasteiger partial charge in [-0.1, -0.05) is 11.6 Å². The van der Waals surface area contributed by atoms with Crippen LogP contribution >= 0.6 is 11.6 Å². The molecule has 0 bridgehead atoms. The Hall–Kier alpha value is -1.75. The van der Waals surface area contributed by atoms with Crippen LogP contribution in [0.5, 0.6) is 5.75 Å². The molecule has 1 aromatic heterocycles. The number of aromatic nitrogens is 2. The molecule has 0 fully saturated rings. The topological polar surface area (TPSA) is 75.0 Å². The van der Waals surface area contributed by atoms with Gasteiger partial charge >= 0.3 is 5.69 Å². The molecule has 2 N–H and O–H groups in total. The van der Waals surface area contributed by atoms with E-state index >= 15 is 0 Å². The van der Waals surface area contributed by atoms with Gasteiger partial charge in [-0.05, 0) is 19.1 Å². The van der Waals surface area contributed by atoms with E-state index in [2.05, 4.69) is 9.97 Å². The van der Waals surface area contributed by atoms with Gasteiger partial charge in [-0.25, -0.2) is 4.79 Å². The van der Waals surface area contributed by atoms with Gasteiger partial charge in [0.05, 0.1) is 22.5 Å². The van der Waals surface area contributed by atoms with E-state index in [1.54, 1.807) is 12.1 Å². The number of nitrogens with one attached hydrogen (secondary N) is 2. The maximum Gasteiger partial charge on any atom is 0.326 e. The van der Waals surface area contributed by atoms with Crippen LogP contribution in [-0.2, 0) is 0 Å². The number of fused-ring (bicyclic) bond motifs is 1. The molecule has 5 nitrogen and oxygen atoms in total. The Bertz CT molecular complexity index is 645. The van der Waals surface area contributed by atoms with Gasteiger partial charge in [0.25, 0.3) is 5.56 Å². The van der Waals surface area contributed by atoms with Crippen LogP contribution in [0.2, 0.25) is 5.02 Å². The van der Waals surface area contributed by atoms with Crippen LogP contribution in [0.1, 0.15) is 6.92 Å². The van der Waals surface area contributed by atoms with Crippen molar-refractivity contribution in [1.29, 1.82) is 0 Å². The minimum atomic E-state index is -0.558. The lowest BCUT2D eigenvalue weighted by molar-refractivity contribution is 0.341. The highest BCUT2D eigenvalue weighted by molar-refractivity contribution is 6.36. The SMILES string of the molecule is CCOc1ccc2[nH]c(=O)[nH]c(=O)c2c1Cl. The van der Waals surface area contributed by atoms with Gasteiger partial charge in [0.1, 0.15) is 5.75 Å². The van der Waals surface area contributed by atoms with Gasteiger partial charge in [-0.2, -0.15) is 0 Å². The smallest absolute Gasteiger partial charge is 0.326 e. The second kappa shape index (κ2) is 4.02. The van der Waals surface area contributed by atoms with Crippen molar-refractivity contribution in [3.8, 4) is 5.75 Å². The highest BCUT2D eigenvalue weighted by Gasteiger charge is 2.10. The molecule has 0 aliphatic carbocycles. The Morgan fingerprint density at radius 1 is 1.31 bits per heavy atom. The van der Waals surface area contributed by atoms with Crippen LogP contribution in [0.25, 0.3) is 10.9 Å². The maximum absolute atomic E-state index is 11.6. The van der Waals surface area contributed by atoms with Crippen LogP contribution in [0, 0.1) is 0 Å². The molecule has 84 valence electrons. The van der Waals surface area contributed by atoms with Crippen LogP contribution < -0.4 is 16.0 Å².